The van der Waals surface area contributed by atoms with Gasteiger partial charge in [0.15, 0.2) is 0 Å². The molecule has 0 aromatic carbocycles. The molecule has 2 aliphatic carbocycles. The molecule has 4 rings (SSSR count). The third-order valence-electron chi connectivity index (χ3n) is 10.5. The van der Waals surface area contributed by atoms with E-state index >= 15 is 0 Å². The lowest BCUT2D eigenvalue weighted by Crippen LogP contribution is -2.54. The van der Waals surface area contributed by atoms with E-state index in [2.05, 4.69) is 0 Å². The van der Waals surface area contributed by atoms with Gasteiger partial charge in [0.05, 0.1) is 52.4 Å². The molecule has 2 heteroatoms. The molecular formula is C30H58N2+2. The molecular weight excluding hydrogens is 388 g/mol. The summed E-state index contributed by atoms with van der Waals surface area (Å²) in [5.41, 5.74) is 0. The molecule has 0 aromatic heterocycles. The highest BCUT2D eigenvalue weighted by molar-refractivity contribution is 4.68. The predicted octanol–water partition coefficient (Wildman–Crippen LogP) is 7.71. The normalized spacial score (nSPS) is 27.4. The van der Waals surface area contributed by atoms with Crippen LogP contribution in [-0.4, -0.2) is 61.3 Å². The molecule has 0 atom stereocenters. The van der Waals surface area contributed by atoms with Crippen LogP contribution in [0.1, 0.15) is 128 Å². The van der Waals surface area contributed by atoms with E-state index in [1.165, 1.54) is 151 Å². The van der Waals surface area contributed by atoms with Crippen LogP contribution < -0.4 is 0 Å². The number of likely N-dealkylation sites (tertiary alicyclic amines) is 2. The van der Waals surface area contributed by atoms with Crippen molar-refractivity contribution in [1.82, 2.24) is 0 Å². The van der Waals surface area contributed by atoms with Gasteiger partial charge < -0.3 is 8.97 Å². The van der Waals surface area contributed by atoms with Crippen molar-refractivity contribution >= 4 is 0 Å². The zero-order valence-electron chi connectivity index (χ0n) is 21.8. The average Bonchev–Trinajstić information content (AvgIpc) is 2.87. The molecule has 2 nitrogen and oxygen atoms in total. The minimum Gasteiger partial charge on any atom is -0.324 e. The third kappa shape index (κ3) is 7.72. The molecule has 0 radical (unpaired) electrons. The van der Waals surface area contributed by atoms with Gasteiger partial charge in [-0.2, -0.15) is 0 Å². The molecule has 4 aliphatic rings. The summed E-state index contributed by atoms with van der Waals surface area (Å²) in [5, 5.41) is 0. The van der Waals surface area contributed by atoms with Crippen molar-refractivity contribution in [2.75, 3.05) is 52.4 Å². The molecule has 0 aromatic rings. The van der Waals surface area contributed by atoms with Gasteiger partial charge in [0.25, 0.3) is 0 Å². The Morgan fingerprint density at radius 2 is 0.719 bits per heavy atom. The lowest BCUT2D eigenvalue weighted by Gasteiger charge is -2.44. The molecule has 186 valence electrons. The predicted molar refractivity (Wildman–Crippen MR) is 139 cm³/mol. The molecule has 0 N–H and O–H groups in total. The standard InChI is InChI=1S/C30H58N2/c1-5-15-29(16-6-1)19-27-31(21-9-3-10-22-31)25-13-14-26-32(23-11-4-12-24-32)28-20-30-17-7-2-8-18-30/h29-30H,1-28H2/q+2. The van der Waals surface area contributed by atoms with Crippen LogP contribution >= 0.6 is 0 Å². The highest BCUT2D eigenvalue weighted by Gasteiger charge is 2.33. The van der Waals surface area contributed by atoms with Gasteiger partial charge in [-0.25, -0.2) is 0 Å². The minimum atomic E-state index is 1.07. The molecule has 2 aliphatic heterocycles. The largest absolute Gasteiger partial charge is 0.324 e. The molecule has 0 spiro atoms. The summed E-state index contributed by atoms with van der Waals surface area (Å²) in [6.07, 6.45) is 30.4. The molecule has 2 saturated heterocycles. The van der Waals surface area contributed by atoms with Gasteiger partial charge in [0.2, 0.25) is 0 Å². The Morgan fingerprint density at radius 1 is 0.375 bits per heavy atom. The van der Waals surface area contributed by atoms with E-state index in [9.17, 15) is 0 Å². The van der Waals surface area contributed by atoms with Gasteiger partial charge >= 0.3 is 0 Å². The Labute approximate surface area is 201 Å². The van der Waals surface area contributed by atoms with Crippen LogP contribution in [0, 0.1) is 11.8 Å². The zero-order chi connectivity index (χ0) is 22.0. The van der Waals surface area contributed by atoms with Crippen molar-refractivity contribution in [2.24, 2.45) is 11.8 Å². The van der Waals surface area contributed by atoms with E-state index in [4.69, 9.17) is 0 Å². The number of nitrogens with zero attached hydrogens (tertiary/aromatic N) is 2. The Bertz CT molecular complexity index is 445. The SMILES string of the molecule is C1CCC(CC[N+]2(CCCC[N+]3(CCC4CCCCC4)CCCCC3)CCCCC2)CC1. The summed E-state index contributed by atoms with van der Waals surface area (Å²) in [5.74, 6) is 2.14. The lowest BCUT2D eigenvalue weighted by molar-refractivity contribution is -0.939. The van der Waals surface area contributed by atoms with Gasteiger partial charge in [-0.05, 0) is 63.2 Å². The Balaban J connectivity index is 1.23. The summed E-state index contributed by atoms with van der Waals surface area (Å²) >= 11 is 0. The highest BCUT2D eigenvalue weighted by Crippen LogP contribution is 2.31. The minimum absolute atomic E-state index is 1.07. The summed E-state index contributed by atoms with van der Waals surface area (Å²) in [6, 6.07) is 0. The fourth-order valence-electron chi connectivity index (χ4n) is 8.24. The smallest absolute Gasteiger partial charge is 0.0789 e. The van der Waals surface area contributed by atoms with Crippen LogP contribution in [-0.2, 0) is 0 Å². The fraction of sp³-hybridized carbons (Fsp3) is 1.00. The van der Waals surface area contributed by atoms with Gasteiger partial charge in [0, 0.05) is 12.8 Å². The first-order chi connectivity index (χ1) is 15.8. The van der Waals surface area contributed by atoms with Crippen LogP contribution in [0.25, 0.3) is 0 Å². The van der Waals surface area contributed by atoms with Crippen LogP contribution in [0.15, 0.2) is 0 Å². The third-order valence-corrected chi connectivity index (χ3v) is 10.5. The molecule has 4 fully saturated rings. The maximum Gasteiger partial charge on any atom is 0.0789 e. The zero-order valence-corrected chi connectivity index (χ0v) is 21.8. The van der Waals surface area contributed by atoms with Crippen molar-refractivity contribution < 1.29 is 8.97 Å². The van der Waals surface area contributed by atoms with E-state index in [0.29, 0.717) is 0 Å². The number of quaternary nitrogens is 2. The monoisotopic (exact) mass is 446 g/mol. The molecule has 2 heterocycles. The summed E-state index contributed by atoms with van der Waals surface area (Å²) < 4.78 is 3.02. The van der Waals surface area contributed by atoms with Crippen molar-refractivity contribution in [2.45, 2.75) is 128 Å². The first kappa shape index (κ1) is 25.0. The number of unbranched alkanes of at least 4 members (excludes halogenated alkanes) is 1. The average molecular weight is 447 g/mol. The summed E-state index contributed by atoms with van der Waals surface area (Å²) in [6.45, 7) is 12.1. The van der Waals surface area contributed by atoms with Crippen molar-refractivity contribution in [3.8, 4) is 0 Å². The topological polar surface area (TPSA) is 0 Å². The fourth-order valence-corrected chi connectivity index (χ4v) is 8.24. The van der Waals surface area contributed by atoms with E-state index in [0.717, 1.165) is 11.8 Å². The van der Waals surface area contributed by atoms with Crippen molar-refractivity contribution in [1.29, 1.82) is 0 Å². The highest BCUT2D eigenvalue weighted by atomic mass is 15.4. The van der Waals surface area contributed by atoms with Crippen LogP contribution in [0.4, 0.5) is 0 Å². The van der Waals surface area contributed by atoms with Crippen LogP contribution in [0.3, 0.4) is 0 Å². The van der Waals surface area contributed by atoms with Gasteiger partial charge in [-0.1, -0.05) is 64.2 Å². The van der Waals surface area contributed by atoms with E-state index in [1.807, 2.05) is 0 Å². The van der Waals surface area contributed by atoms with Crippen molar-refractivity contribution in [3.63, 3.8) is 0 Å². The van der Waals surface area contributed by atoms with Gasteiger partial charge in [-0.3, -0.25) is 0 Å². The number of rotatable bonds is 11. The summed E-state index contributed by atoms with van der Waals surface area (Å²) in [7, 11) is 0. The molecule has 2 saturated carbocycles. The Morgan fingerprint density at radius 3 is 1.09 bits per heavy atom. The number of piperidine rings is 2. The Hall–Kier alpha value is -0.0800. The molecule has 0 amide bonds. The maximum absolute atomic E-state index is 1.54. The molecule has 0 bridgehead atoms. The van der Waals surface area contributed by atoms with Crippen LogP contribution in [0.5, 0.6) is 0 Å². The van der Waals surface area contributed by atoms with Crippen molar-refractivity contribution in [3.05, 3.63) is 0 Å². The quantitative estimate of drug-likeness (QED) is 0.225. The van der Waals surface area contributed by atoms with E-state index < -0.39 is 0 Å². The first-order valence-electron chi connectivity index (χ1n) is 15.5. The van der Waals surface area contributed by atoms with Gasteiger partial charge in [0.1, 0.15) is 0 Å². The van der Waals surface area contributed by atoms with E-state index in [-0.39, 0.29) is 0 Å². The Kier molecular flexibility index (Phi) is 10.3. The maximum atomic E-state index is 1.54. The second-order valence-corrected chi connectivity index (χ2v) is 12.9. The number of hydrogen-bond donors (Lipinski definition) is 0. The van der Waals surface area contributed by atoms with Gasteiger partial charge in [-0.15, -0.1) is 0 Å². The lowest BCUT2D eigenvalue weighted by atomic mass is 9.86. The summed E-state index contributed by atoms with van der Waals surface area (Å²) in [4.78, 5) is 0. The number of hydrogen-bond acceptors (Lipinski definition) is 0. The second kappa shape index (κ2) is 13.1. The first-order valence-corrected chi connectivity index (χ1v) is 15.5. The molecule has 32 heavy (non-hydrogen) atoms. The van der Waals surface area contributed by atoms with Crippen LogP contribution in [0.2, 0.25) is 0 Å². The molecule has 0 unspecified atom stereocenters. The van der Waals surface area contributed by atoms with E-state index in [1.54, 1.807) is 38.5 Å². The second-order valence-electron chi connectivity index (χ2n) is 12.9.